The van der Waals surface area contributed by atoms with Crippen LogP contribution in [0.5, 0.6) is 0 Å². The first-order chi connectivity index (χ1) is 12.4. The van der Waals surface area contributed by atoms with Gasteiger partial charge < -0.3 is 15.4 Å². The van der Waals surface area contributed by atoms with E-state index in [2.05, 4.69) is 17.2 Å². The van der Waals surface area contributed by atoms with Crippen molar-refractivity contribution >= 4 is 17.8 Å². The van der Waals surface area contributed by atoms with Crippen molar-refractivity contribution in [2.75, 3.05) is 7.11 Å². The number of esters is 1. The van der Waals surface area contributed by atoms with E-state index in [1.807, 2.05) is 0 Å². The van der Waals surface area contributed by atoms with E-state index in [1.165, 1.54) is 32.2 Å². The summed E-state index contributed by atoms with van der Waals surface area (Å²) in [4.78, 5) is 35.9. The van der Waals surface area contributed by atoms with Crippen molar-refractivity contribution in [1.29, 1.82) is 0 Å². The van der Waals surface area contributed by atoms with Crippen molar-refractivity contribution in [3.63, 3.8) is 0 Å². The predicted molar refractivity (Wildman–Crippen MR) is 95.7 cm³/mol. The number of halogens is 1. The minimum atomic E-state index is -0.930. The highest BCUT2D eigenvalue weighted by Crippen LogP contribution is 2.09. The van der Waals surface area contributed by atoms with Gasteiger partial charge in [-0.25, -0.2) is 9.18 Å². The van der Waals surface area contributed by atoms with Crippen LogP contribution in [0.2, 0.25) is 0 Å². The Morgan fingerprint density at radius 3 is 2.58 bits per heavy atom. The first-order valence-electron chi connectivity index (χ1n) is 8.38. The van der Waals surface area contributed by atoms with Crippen LogP contribution in [0, 0.1) is 5.82 Å². The van der Waals surface area contributed by atoms with Gasteiger partial charge in [-0.2, -0.15) is 0 Å². The number of benzene rings is 1. The second-order valence-electron chi connectivity index (χ2n) is 5.89. The highest BCUT2D eigenvalue weighted by Gasteiger charge is 2.26. The molecule has 0 saturated carbocycles. The zero-order valence-corrected chi connectivity index (χ0v) is 15.1. The van der Waals surface area contributed by atoms with Crippen LogP contribution in [0.25, 0.3) is 0 Å². The van der Waals surface area contributed by atoms with Crippen molar-refractivity contribution in [2.24, 2.45) is 0 Å². The van der Waals surface area contributed by atoms with E-state index in [1.54, 1.807) is 12.1 Å². The number of carbonyl (C=O) groups is 3. The molecule has 26 heavy (non-hydrogen) atoms. The summed E-state index contributed by atoms with van der Waals surface area (Å²) >= 11 is 0. The zero-order valence-electron chi connectivity index (χ0n) is 15.1. The number of allylic oxidation sites excluding steroid dienone is 1. The number of carbonyl (C=O) groups excluding carboxylic acids is 3. The Kier molecular flexibility index (Phi) is 9.05. The molecule has 0 fully saturated rings. The maximum Gasteiger partial charge on any atom is 0.328 e. The molecule has 142 valence electrons. The number of hydrogen-bond acceptors (Lipinski definition) is 4. The Morgan fingerprint density at radius 2 is 2.00 bits per heavy atom. The van der Waals surface area contributed by atoms with Crippen LogP contribution in [0.4, 0.5) is 4.39 Å². The van der Waals surface area contributed by atoms with E-state index in [0.29, 0.717) is 24.8 Å². The summed E-state index contributed by atoms with van der Waals surface area (Å²) < 4.78 is 18.1. The fourth-order valence-corrected chi connectivity index (χ4v) is 2.48. The molecule has 1 rings (SSSR count). The molecule has 1 aromatic rings. The summed E-state index contributed by atoms with van der Waals surface area (Å²) in [5.74, 6) is -1.92. The second kappa shape index (κ2) is 11.0. The largest absolute Gasteiger partial charge is 0.467 e. The third-order valence-corrected chi connectivity index (χ3v) is 3.73. The molecule has 0 heterocycles. The number of amides is 2. The van der Waals surface area contributed by atoms with E-state index in [4.69, 9.17) is 4.74 Å². The molecule has 0 spiro atoms. The van der Waals surface area contributed by atoms with Crippen molar-refractivity contribution in [3.05, 3.63) is 48.3 Å². The number of hydrogen-bond donors (Lipinski definition) is 2. The molecule has 1 aromatic carbocycles. The van der Waals surface area contributed by atoms with Crippen molar-refractivity contribution in [2.45, 2.75) is 44.7 Å². The quantitative estimate of drug-likeness (QED) is 0.377. The lowest BCUT2D eigenvalue weighted by Gasteiger charge is -2.22. The van der Waals surface area contributed by atoms with Crippen LogP contribution in [0.1, 0.15) is 31.7 Å². The molecular formula is C19H25FN2O4. The smallest absolute Gasteiger partial charge is 0.328 e. The maximum absolute atomic E-state index is 13.4. The first-order valence-corrected chi connectivity index (χ1v) is 8.38. The molecule has 0 bridgehead atoms. The van der Waals surface area contributed by atoms with E-state index in [-0.39, 0.29) is 6.42 Å². The SMILES string of the molecule is C=CCCC[C@H](NC(=O)[C@H](Cc1cccc(F)c1)NC(C)=O)C(=O)OC. The Morgan fingerprint density at radius 1 is 1.27 bits per heavy atom. The summed E-state index contributed by atoms with van der Waals surface area (Å²) in [5.41, 5.74) is 0.556. The van der Waals surface area contributed by atoms with Crippen LogP contribution >= 0.6 is 0 Å². The summed E-state index contributed by atoms with van der Waals surface area (Å²) in [7, 11) is 1.24. The van der Waals surface area contributed by atoms with Gasteiger partial charge in [-0.05, 0) is 37.0 Å². The number of ether oxygens (including phenoxy) is 1. The molecule has 0 aliphatic rings. The highest BCUT2D eigenvalue weighted by molar-refractivity contribution is 5.90. The van der Waals surface area contributed by atoms with E-state index < -0.39 is 35.7 Å². The van der Waals surface area contributed by atoms with Gasteiger partial charge in [0.25, 0.3) is 0 Å². The molecule has 2 amide bonds. The molecule has 6 nitrogen and oxygen atoms in total. The molecule has 7 heteroatoms. The topological polar surface area (TPSA) is 84.5 Å². The van der Waals surface area contributed by atoms with Gasteiger partial charge in [0.15, 0.2) is 0 Å². The molecule has 0 aliphatic heterocycles. The first kappa shape index (κ1) is 21.3. The minimum Gasteiger partial charge on any atom is -0.467 e. The van der Waals surface area contributed by atoms with Crippen LogP contribution < -0.4 is 10.6 Å². The van der Waals surface area contributed by atoms with Crippen molar-refractivity contribution in [3.8, 4) is 0 Å². The van der Waals surface area contributed by atoms with Gasteiger partial charge in [0.2, 0.25) is 11.8 Å². The minimum absolute atomic E-state index is 0.101. The zero-order chi connectivity index (χ0) is 19.5. The lowest BCUT2D eigenvalue weighted by Crippen LogP contribution is -2.52. The molecule has 2 N–H and O–H groups in total. The van der Waals surface area contributed by atoms with Gasteiger partial charge in [-0.1, -0.05) is 18.2 Å². The fourth-order valence-electron chi connectivity index (χ4n) is 2.48. The molecular weight excluding hydrogens is 339 g/mol. The van der Waals surface area contributed by atoms with Crippen LogP contribution in [-0.2, 0) is 25.5 Å². The average Bonchev–Trinajstić information content (AvgIpc) is 2.59. The molecule has 0 saturated heterocycles. The third kappa shape index (κ3) is 7.46. The van der Waals surface area contributed by atoms with E-state index in [0.717, 1.165) is 0 Å². The summed E-state index contributed by atoms with van der Waals surface area (Å²) in [6.45, 7) is 4.90. The van der Waals surface area contributed by atoms with Crippen molar-refractivity contribution in [1.82, 2.24) is 10.6 Å². The summed E-state index contributed by atoms with van der Waals surface area (Å²) in [5, 5.41) is 5.15. The molecule has 0 aliphatic carbocycles. The second-order valence-corrected chi connectivity index (χ2v) is 5.89. The third-order valence-electron chi connectivity index (χ3n) is 3.73. The molecule has 2 atom stereocenters. The number of rotatable bonds is 10. The van der Waals surface area contributed by atoms with Gasteiger partial charge in [0, 0.05) is 13.3 Å². The molecule has 0 aromatic heterocycles. The lowest BCUT2D eigenvalue weighted by molar-refractivity contribution is -0.145. The lowest BCUT2D eigenvalue weighted by atomic mass is 10.0. The fraction of sp³-hybridized carbons (Fsp3) is 0.421. The standard InChI is InChI=1S/C19H25FN2O4/c1-4-5-6-10-16(19(25)26-3)22-18(24)17(21-13(2)23)12-14-8-7-9-15(20)11-14/h4,7-9,11,16-17H,1,5-6,10,12H2,2-3H3,(H,21,23)(H,22,24)/t16-,17-/m0/s1. The van der Waals surface area contributed by atoms with E-state index >= 15 is 0 Å². The van der Waals surface area contributed by atoms with Gasteiger partial charge in [0.1, 0.15) is 17.9 Å². The van der Waals surface area contributed by atoms with Crippen LogP contribution in [0.3, 0.4) is 0 Å². The van der Waals surface area contributed by atoms with Crippen LogP contribution in [-0.4, -0.2) is 37.0 Å². The number of unbranched alkanes of at least 4 members (excludes halogenated alkanes) is 1. The van der Waals surface area contributed by atoms with Crippen LogP contribution in [0.15, 0.2) is 36.9 Å². The summed E-state index contributed by atoms with van der Waals surface area (Å²) in [6, 6.07) is 4.03. The normalized spacial score (nSPS) is 12.6. The number of nitrogens with one attached hydrogen (secondary N) is 2. The highest BCUT2D eigenvalue weighted by atomic mass is 19.1. The Balaban J connectivity index is 2.86. The van der Waals surface area contributed by atoms with Crippen molar-refractivity contribution < 1.29 is 23.5 Å². The molecule has 0 unspecified atom stereocenters. The maximum atomic E-state index is 13.4. The Hall–Kier alpha value is -2.70. The van der Waals surface area contributed by atoms with Gasteiger partial charge in [0.05, 0.1) is 7.11 Å². The Labute approximate surface area is 152 Å². The average molecular weight is 364 g/mol. The van der Waals surface area contributed by atoms with Gasteiger partial charge in [-0.15, -0.1) is 6.58 Å². The predicted octanol–water partition coefficient (Wildman–Crippen LogP) is 1.89. The van der Waals surface area contributed by atoms with E-state index in [9.17, 15) is 18.8 Å². The van der Waals surface area contributed by atoms with Gasteiger partial charge >= 0.3 is 5.97 Å². The monoisotopic (exact) mass is 364 g/mol. The summed E-state index contributed by atoms with van der Waals surface area (Å²) in [6.07, 6.45) is 3.56. The van der Waals surface area contributed by atoms with Gasteiger partial charge in [-0.3, -0.25) is 9.59 Å². The Bertz CT molecular complexity index is 648. The molecule has 0 radical (unpaired) electrons. The number of methoxy groups -OCH3 is 1.